The van der Waals surface area contributed by atoms with Crippen LogP contribution in [0.25, 0.3) is 0 Å². The highest BCUT2D eigenvalue weighted by atomic mass is 35.5. The molecule has 0 radical (unpaired) electrons. The highest BCUT2D eigenvalue weighted by Gasteiger charge is 2.45. The number of aliphatic hydroxyl groups is 1. The topological polar surface area (TPSA) is 20.2 Å². The quantitative estimate of drug-likeness (QED) is 0.847. The Bertz CT molecular complexity index is 444. The van der Waals surface area contributed by atoms with Gasteiger partial charge in [-0.2, -0.15) is 0 Å². The molecule has 18 heavy (non-hydrogen) atoms. The Labute approximate surface area is 113 Å². The van der Waals surface area contributed by atoms with E-state index in [1.165, 1.54) is 12.1 Å². The predicted octanol–water partition coefficient (Wildman–Crippen LogP) is 4.35. The van der Waals surface area contributed by atoms with Gasteiger partial charge in [0.25, 0.3) is 0 Å². The number of halogens is 2. The Balaban J connectivity index is 2.28. The summed E-state index contributed by atoms with van der Waals surface area (Å²) in [5, 5.41) is 11.4. The third-order valence-electron chi connectivity index (χ3n) is 4.39. The first-order valence-electron chi connectivity index (χ1n) is 6.50. The van der Waals surface area contributed by atoms with Crippen LogP contribution in [0.4, 0.5) is 4.39 Å². The van der Waals surface area contributed by atoms with Crippen molar-refractivity contribution in [1.29, 1.82) is 0 Å². The molecule has 0 spiro atoms. The summed E-state index contributed by atoms with van der Waals surface area (Å²) < 4.78 is 13.3. The highest BCUT2D eigenvalue weighted by molar-refractivity contribution is 6.31. The molecule has 1 aliphatic carbocycles. The lowest BCUT2D eigenvalue weighted by atomic mass is 9.63. The molecular weight excluding hydrogens is 251 g/mol. The van der Waals surface area contributed by atoms with Crippen molar-refractivity contribution in [2.45, 2.75) is 51.6 Å². The van der Waals surface area contributed by atoms with Crippen LogP contribution in [0.1, 0.15) is 45.1 Å². The minimum atomic E-state index is -0.789. The second-order valence-corrected chi connectivity index (χ2v) is 6.44. The second kappa shape index (κ2) is 4.82. The Morgan fingerprint density at radius 2 is 1.94 bits per heavy atom. The van der Waals surface area contributed by atoms with Gasteiger partial charge in [-0.25, -0.2) is 4.39 Å². The van der Waals surface area contributed by atoms with Gasteiger partial charge in [-0.3, -0.25) is 0 Å². The molecule has 1 aliphatic rings. The molecule has 0 heterocycles. The van der Waals surface area contributed by atoms with Gasteiger partial charge in [0.2, 0.25) is 0 Å². The zero-order valence-corrected chi connectivity index (χ0v) is 11.7. The van der Waals surface area contributed by atoms with E-state index in [2.05, 4.69) is 13.8 Å². The lowest BCUT2D eigenvalue weighted by molar-refractivity contribution is -0.0958. The van der Waals surface area contributed by atoms with Crippen molar-refractivity contribution in [3.05, 3.63) is 34.6 Å². The predicted molar refractivity (Wildman–Crippen MR) is 72.3 cm³/mol. The van der Waals surface area contributed by atoms with Crippen LogP contribution in [0.3, 0.4) is 0 Å². The van der Waals surface area contributed by atoms with Gasteiger partial charge in [-0.05, 0) is 42.0 Å². The lowest BCUT2D eigenvalue weighted by Crippen LogP contribution is -2.48. The molecule has 0 aromatic heterocycles. The largest absolute Gasteiger partial charge is 0.389 e. The normalized spacial score (nSPS) is 27.2. The van der Waals surface area contributed by atoms with E-state index < -0.39 is 5.60 Å². The molecule has 0 saturated heterocycles. The van der Waals surface area contributed by atoms with Crippen molar-refractivity contribution in [2.75, 3.05) is 0 Å². The number of hydrogen-bond donors (Lipinski definition) is 1. The Morgan fingerprint density at radius 1 is 1.28 bits per heavy atom. The van der Waals surface area contributed by atoms with Crippen molar-refractivity contribution in [3.8, 4) is 0 Å². The van der Waals surface area contributed by atoms with Crippen LogP contribution in [-0.4, -0.2) is 10.7 Å². The molecule has 1 unspecified atom stereocenters. The zero-order chi connectivity index (χ0) is 13.4. The molecule has 1 aromatic rings. The average Bonchev–Trinajstić information content (AvgIpc) is 2.28. The van der Waals surface area contributed by atoms with Gasteiger partial charge >= 0.3 is 0 Å². The monoisotopic (exact) mass is 270 g/mol. The summed E-state index contributed by atoms with van der Waals surface area (Å²) in [5.41, 5.74) is -0.238. The second-order valence-electron chi connectivity index (χ2n) is 6.04. The first-order valence-corrected chi connectivity index (χ1v) is 6.88. The van der Waals surface area contributed by atoms with Gasteiger partial charge < -0.3 is 5.11 Å². The molecule has 3 heteroatoms. The molecule has 2 rings (SSSR count). The van der Waals surface area contributed by atoms with Crippen LogP contribution in [0.5, 0.6) is 0 Å². The van der Waals surface area contributed by atoms with Crippen LogP contribution >= 0.6 is 11.6 Å². The van der Waals surface area contributed by atoms with E-state index in [1.54, 1.807) is 6.07 Å². The highest BCUT2D eigenvalue weighted by Crippen LogP contribution is 2.46. The smallest absolute Gasteiger partial charge is 0.123 e. The number of benzene rings is 1. The van der Waals surface area contributed by atoms with E-state index in [1.807, 2.05) is 0 Å². The van der Waals surface area contributed by atoms with Crippen molar-refractivity contribution < 1.29 is 9.50 Å². The van der Waals surface area contributed by atoms with Crippen LogP contribution in [0.15, 0.2) is 18.2 Å². The third kappa shape index (κ3) is 2.55. The molecule has 1 nitrogen and oxygen atoms in total. The van der Waals surface area contributed by atoms with Gasteiger partial charge in [0.05, 0.1) is 5.60 Å². The summed E-state index contributed by atoms with van der Waals surface area (Å²) >= 11 is 6.09. The summed E-state index contributed by atoms with van der Waals surface area (Å²) in [4.78, 5) is 0. The maximum absolute atomic E-state index is 13.3. The molecule has 1 atom stereocenters. The Kier molecular flexibility index (Phi) is 3.70. The molecule has 100 valence electrons. The van der Waals surface area contributed by atoms with Crippen LogP contribution in [0.2, 0.25) is 5.02 Å². The van der Waals surface area contributed by atoms with Gasteiger partial charge in [-0.15, -0.1) is 0 Å². The molecule has 0 aliphatic heterocycles. The maximum Gasteiger partial charge on any atom is 0.123 e. The van der Waals surface area contributed by atoms with Gasteiger partial charge in [0.15, 0.2) is 0 Å². The van der Waals surface area contributed by atoms with Crippen molar-refractivity contribution in [3.63, 3.8) is 0 Å². The maximum atomic E-state index is 13.3. The first kappa shape index (κ1) is 13.8. The third-order valence-corrected chi connectivity index (χ3v) is 4.76. The summed E-state index contributed by atoms with van der Waals surface area (Å²) in [6.07, 6.45) is 4.35. The lowest BCUT2D eigenvalue weighted by Gasteiger charge is -2.47. The van der Waals surface area contributed by atoms with Crippen molar-refractivity contribution in [2.24, 2.45) is 5.41 Å². The first-order chi connectivity index (χ1) is 8.34. The standard InChI is InChI=1S/C15H20ClFO/c1-14(2)7-3-4-8-15(14,18)10-11-9-12(17)5-6-13(11)16/h5-6,9,18H,3-4,7-8,10H2,1-2H3. The SMILES string of the molecule is CC1(C)CCCCC1(O)Cc1cc(F)ccc1Cl. The summed E-state index contributed by atoms with van der Waals surface area (Å²) in [6.45, 7) is 4.17. The average molecular weight is 271 g/mol. The van der Waals surface area contributed by atoms with Crippen LogP contribution in [0, 0.1) is 11.2 Å². The Hall–Kier alpha value is -0.600. The summed E-state index contributed by atoms with van der Waals surface area (Å²) in [6, 6.07) is 4.35. The Morgan fingerprint density at radius 3 is 2.61 bits per heavy atom. The summed E-state index contributed by atoms with van der Waals surface area (Å²) in [5.74, 6) is -0.299. The fourth-order valence-corrected chi connectivity index (χ4v) is 3.06. The fourth-order valence-electron chi connectivity index (χ4n) is 2.88. The minimum Gasteiger partial charge on any atom is -0.389 e. The van der Waals surface area contributed by atoms with Crippen molar-refractivity contribution in [1.82, 2.24) is 0 Å². The van der Waals surface area contributed by atoms with Crippen LogP contribution < -0.4 is 0 Å². The van der Waals surface area contributed by atoms with E-state index >= 15 is 0 Å². The van der Waals surface area contributed by atoms with Gasteiger partial charge in [-0.1, -0.05) is 38.3 Å². The van der Waals surface area contributed by atoms with Crippen molar-refractivity contribution >= 4 is 11.6 Å². The number of rotatable bonds is 2. The number of hydrogen-bond acceptors (Lipinski definition) is 1. The van der Waals surface area contributed by atoms with E-state index in [0.717, 1.165) is 25.7 Å². The molecule has 0 bridgehead atoms. The van der Waals surface area contributed by atoms with Crippen LogP contribution in [-0.2, 0) is 6.42 Å². The minimum absolute atomic E-state index is 0.152. The van der Waals surface area contributed by atoms with E-state index in [-0.39, 0.29) is 11.2 Å². The molecule has 1 N–H and O–H groups in total. The molecule has 1 saturated carbocycles. The summed E-state index contributed by atoms with van der Waals surface area (Å²) in [7, 11) is 0. The molecular formula is C15H20ClFO. The van der Waals surface area contributed by atoms with E-state index in [4.69, 9.17) is 11.6 Å². The van der Waals surface area contributed by atoms with Gasteiger partial charge in [0, 0.05) is 11.4 Å². The fraction of sp³-hybridized carbons (Fsp3) is 0.600. The van der Waals surface area contributed by atoms with E-state index in [0.29, 0.717) is 17.0 Å². The van der Waals surface area contributed by atoms with E-state index in [9.17, 15) is 9.50 Å². The molecule has 0 amide bonds. The molecule has 1 fully saturated rings. The van der Waals surface area contributed by atoms with Gasteiger partial charge in [0.1, 0.15) is 5.82 Å². The molecule has 1 aromatic carbocycles. The zero-order valence-electron chi connectivity index (χ0n) is 11.0.